The van der Waals surface area contributed by atoms with Gasteiger partial charge in [-0.3, -0.25) is 0 Å². The first-order valence-corrected chi connectivity index (χ1v) is 4.63. The first-order chi connectivity index (χ1) is 6.09. The number of hydrogen-bond donors (Lipinski definition) is 1. The average Bonchev–Trinajstić information content (AvgIpc) is 2.03. The van der Waals surface area contributed by atoms with Crippen molar-refractivity contribution in [2.24, 2.45) is 5.73 Å². The van der Waals surface area contributed by atoms with Crippen molar-refractivity contribution in [3.63, 3.8) is 0 Å². The van der Waals surface area contributed by atoms with Crippen molar-refractivity contribution >= 4 is 11.6 Å². The van der Waals surface area contributed by atoms with E-state index in [4.69, 9.17) is 17.3 Å². The molecule has 2 heteroatoms. The molecular formula is C11H14ClN. The molecule has 0 aliphatic heterocycles. The van der Waals surface area contributed by atoms with Crippen molar-refractivity contribution in [1.82, 2.24) is 0 Å². The Morgan fingerprint density at radius 1 is 1.62 bits per heavy atom. The summed E-state index contributed by atoms with van der Waals surface area (Å²) in [5.41, 5.74) is 8.10. The van der Waals surface area contributed by atoms with Crippen LogP contribution in [0.1, 0.15) is 24.9 Å². The first kappa shape index (κ1) is 10.3. The van der Waals surface area contributed by atoms with E-state index in [0.29, 0.717) is 0 Å². The number of halogens is 1. The topological polar surface area (TPSA) is 26.0 Å². The quantitative estimate of drug-likeness (QED) is 0.736. The van der Waals surface area contributed by atoms with Crippen LogP contribution in [0.25, 0.3) is 0 Å². The zero-order valence-electron chi connectivity index (χ0n) is 7.76. The summed E-state index contributed by atoms with van der Waals surface area (Å²) in [4.78, 5) is 0. The minimum absolute atomic E-state index is 0.0104. The lowest BCUT2D eigenvalue weighted by Gasteiger charge is -2.11. The van der Waals surface area contributed by atoms with Gasteiger partial charge in [0.1, 0.15) is 0 Å². The van der Waals surface area contributed by atoms with Gasteiger partial charge in [0.25, 0.3) is 0 Å². The van der Waals surface area contributed by atoms with E-state index in [-0.39, 0.29) is 6.04 Å². The summed E-state index contributed by atoms with van der Waals surface area (Å²) in [7, 11) is 0. The molecule has 0 unspecified atom stereocenters. The van der Waals surface area contributed by atoms with Crippen LogP contribution < -0.4 is 5.73 Å². The van der Waals surface area contributed by atoms with Gasteiger partial charge in [0.05, 0.1) is 0 Å². The molecule has 1 rings (SSSR count). The SMILES string of the molecule is C=C(C)C[C@@H](N)c1cccc(Cl)c1. The van der Waals surface area contributed by atoms with Crippen molar-refractivity contribution in [2.45, 2.75) is 19.4 Å². The molecule has 0 aliphatic carbocycles. The number of rotatable bonds is 3. The highest BCUT2D eigenvalue weighted by atomic mass is 35.5. The molecule has 0 spiro atoms. The van der Waals surface area contributed by atoms with Crippen molar-refractivity contribution in [3.05, 3.63) is 47.0 Å². The minimum Gasteiger partial charge on any atom is -0.324 e. The molecule has 0 saturated carbocycles. The summed E-state index contributed by atoms with van der Waals surface area (Å²) in [5.74, 6) is 0. The van der Waals surface area contributed by atoms with Crippen LogP contribution >= 0.6 is 11.6 Å². The van der Waals surface area contributed by atoms with Crippen LogP contribution in [0.2, 0.25) is 5.02 Å². The van der Waals surface area contributed by atoms with Crippen molar-refractivity contribution < 1.29 is 0 Å². The zero-order valence-corrected chi connectivity index (χ0v) is 8.51. The van der Waals surface area contributed by atoms with Gasteiger partial charge in [-0.1, -0.05) is 29.3 Å². The minimum atomic E-state index is 0.0104. The van der Waals surface area contributed by atoms with Gasteiger partial charge >= 0.3 is 0 Å². The molecule has 0 aliphatic rings. The number of benzene rings is 1. The summed E-state index contributed by atoms with van der Waals surface area (Å²) >= 11 is 5.85. The predicted octanol–water partition coefficient (Wildman–Crippen LogP) is 3.31. The smallest absolute Gasteiger partial charge is 0.0409 e. The second-order valence-corrected chi connectivity index (χ2v) is 3.76. The maximum absolute atomic E-state index is 5.95. The molecule has 0 fully saturated rings. The Bertz CT molecular complexity index is 307. The number of nitrogens with two attached hydrogens (primary N) is 1. The Hall–Kier alpha value is -0.790. The second-order valence-electron chi connectivity index (χ2n) is 3.32. The van der Waals surface area contributed by atoms with Crippen LogP contribution in [-0.2, 0) is 0 Å². The summed E-state index contributed by atoms with van der Waals surface area (Å²) in [5, 5.41) is 0.731. The molecule has 0 saturated heterocycles. The van der Waals surface area contributed by atoms with Crippen LogP contribution in [0.3, 0.4) is 0 Å². The van der Waals surface area contributed by atoms with Gasteiger partial charge in [-0.2, -0.15) is 0 Å². The third-order valence-corrected chi connectivity index (χ3v) is 2.08. The maximum Gasteiger partial charge on any atom is 0.0409 e. The molecular weight excluding hydrogens is 182 g/mol. The lowest BCUT2D eigenvalue weighted by Crippen LogP contribution is -2.10. The lowest BCUT2D eigenvalue weighted by molar-refractivity contribution is 0.717. The van der Waals surface area contributed by atoms with Gasteiger partial charge in [0, 0.05) is 11.1 Å². The van der Waals surface area contributed by atoms with Crippen LogP contribution in [-0.4, -0.2) is 0 Å². The summed E-state index contributed by atoms with van der Waals surface area (Å²) < 4.78 is 0. The van der Waals surface area contributed by atoms with Crippen molar-refractivity contribution in [1.29, 1.82) is 0 Å². The lowest BCUT2D eigenvalue weighted by atomic mass is 10.0. The van der Waals surface area contributed by atoms with E-state index in [1.165, 1.54) is 0 Å². The fourth-order valence-corrected chi connectivity index (χ4v) is 1.43. The Morgan fingerprint density at radius 2 is 2.31 bits per heavy atom. The Morgan fingerprint density at radius 3 is 2.85 bits per heavy atom. The third-order valence-electron chi connectivity index (χ3n) is 1.85. The molecule has 0 heterocycles. The molecule has 1 aromatic carbocycles. The molecule has 0 amide bonds. The summed E-state index contributed by atoms with van der Waals surface area (Å²) in [6.07, 6.45) is 0.806. The molecule has 0 bridgehead atoms. The molecule has 0 radical (unpaired) electrons. The van der Waals surface area contributed by atoms with E-state index in [2.05, 4.69) is 6.58 Å². The zero-order chi connectivity index (χ0) is 9.84. The molecule has 70 valence electrons. The van der Waals surface area contributed by atoms with E-state index in [0.717, 1.165) is 22.6 Å². The van der Waals surface area contributed by atoms with Gasteiger partial charge in [0.15, 0.2) is 0 Å². The van der Waals surface area contributed by atoms with E-state index >= 15 is 0 Å². The highest BCUT2D eigenvalue weighted by Crippen LogP contribution is 2.20. The first-order valence-electron chi connectivity index (χ1n) is 4.25. The van der Waals surface area contributed by atoms with Crippen molar-refractivity contribution in [2.75, 3.05) is 0 Å². The van der Waals surface area contributed by atoms with Gasteiger partial charge in [-0.15, -0.1) is 6.58 Å². The molecule has 1 aromatic rings. The molecule has 1 nitrogen and oxygen atoms in total. The standard InChI is InChI=1S/C11H14ClN/c1-8(2)6-11(13)9-4-3-5-10(12)7-9/h3-5,7,11H,1,6,13H2,2H3/t11-/m1/s1. The largest absolute Gasteiger partial charge is 0.324 e. The van der Waals surface area contributed by atoms with Gasteiger partial charge in [0.2, 0.25) is 0 Å². The number of hydrogen-bond acceptors (Lipinski definition) is 1. The normalized spacial score (nSPS) is 12.5. The van der Waals surface area contributed by atoms with Crippen molar-refractivity contribution in [3.8, 4) is 0 Å². The Balaban J connectivity index is 2.76. The van der Waals surface area contributed by atoms with E-state index in [9.17, 15) is 0 Å². The van der Waals surface area contributed by atoms with E-state index in [1.54, 1.807) is 0 Å². The highest BCUT2D eigenvalue weighted by molar-refractivity contribution is 6.30. The molecule has 1 atom stereocenters. The van der Waals surface area contributed by atoms with Crippen LogP contribution in [0.15, 0.2) is 36.4 Å². The van der Waals surface area contributed by atoms with Gasteiger partial charge in [-0.05, 0) is 31.0 Å². The van der Waals surface area contributed by atoms with Gasteiger partial charge < -0.3 is 5.73 Å². The third kappa shape index (κ3) is 3.21. The monoisotopic (exact) mass is 195 g/mol. The fourth-order valence-electron chi connectivity index (χ4n) is 1.23. The molecule has 2 N–H and O–H groups in total. The summed E-state index contributed by atoms with van der Waals surface area (Å²) in [6, 6.07) is 7.65. The molecule has 13 heavy (non-hydrogen) atoms. The van der Waals surface area contributed by atoms with Crippen LogP contribution in [0.4, 0.5) is 0 Å². The van der Waals surface area contributed by atoms with E-state index < -0.39 is 0 Å². The van der Waals surface area contributed by atoms with Gasteiger partial charge in [-0.25, -0.2) is 0 Å². The molecule has 0 aromatic heterocycles. The average molecular weight is 196 g/mol. The summed E-state index contributed by atoms with van der Waals surface area (Å²) in [6.45, 7) is 5.81. The predicted molar refractivity (Wildman–Crippen MR) is 57.8 cm³/mol. The van der Waals surface area contributed by atoms with E-state index in [1.807, 2.05) is 31.2 Å². The second kappa shape index (κ2) is 4.45. The van der Waals surface area contributed by atoms with Crippen LogP contribution in [0.5, 0.6) is 0 Å². The van der Waals surface area contributed by atoms with Crippen LogP contribution in [0, 0.1) is 0 Å². The Kier molecular flexibility index (Phi) is 3.52. The fraction of sp³-hybridized carbons (Fsp3) is 0.273. The Labute approximate surface area is 84.2 Å². The maximum atomic E-state index is 5.95. The highest BCUT2D eigenvalue weighted by Gasteiger charge is 2.05.